The predicted octanol–water partition coefficient (Wildman–Crippen LogP) is -0.875. The molecule has 13 atom stereocenters. The Bertz CT molecular complexity index is 1300. The van der Waals surface area contributed by atoms with E-state index in [0.29, 0.717) is 0 Å². The van der Waals surface area contributed by atoms with Crippen molar-refractivity contribution in [2.45, 2.75) is 74.0 Å². The van der Waals surface area contributed by atoms with E-state index in [1.165, 1.54) is 0 Å². The number of halogens is 1. The zero-order valence-electron chi connectivity index (χ0n) is 23.7. The van der Waals surface area contributed by atoms with Gasteiger partial charge < -0.3 is 53.2 Å². The van der Waals surface area contributed by atoms with E-state index >= 15 is 0 Å². The minimum atomic E-state index is -5.61. The molecular weight excluding hydrogens is 767 g/mol. The van der Waals surface area contributed by atoms with Gasteiger partial charge in [0.1, 0.15) is 32.8 Å². The Hall–Kier alpha value is 1.01. The van der Waals surface area contributed by atoms with E-state index in [0.717, 1.165) is 7.17 Å². The van der Waals surface area contributed by atoms with Crippen molar-refractivity contribution in [1.29, 1.82) is 0 Å². The fourth-order valence-electron chi connectivity index (χ4n) is 4.41. The highest BCUT2D eigenvalue weighted by atomic mass is 32.5. The van der Waals surface area contributed by atoms with Gasteiger partial charge in [-0.1, -0.05) is 0 Å². The van der Waals surface area contributed by atoms with Crippen LogP contribution < -0.4 is 0 Å². The Labute approximate surface area is 275 Å². The average molecular weight is 797 g/mol. The van der Waals surface area contributed by atoms with Crippen LogP contribution in [0.25, 0.3) is 0 Å². The van der Waals surface area contributed by atoms with E-state index in [2.05, 4.69) is 20.4 Å². The van der Waals surface area contributed by atoms with E-state index in [-0.39, 0.29) is 19.3 Å². The van der Waals surface area contributed by atoms with Crippen LogP contribution in [-0.4, -0.2) is 138 Å². The molecule has 3 fully saturated rings. The van der Waals surface area contributed by atoms with E-state index in [1.807, 2.05) is 0 Å². The fraction of sp³-hybridized carbons (Fsp3) is 1.00. The summed E-state index contributed by atoms with van der Waals surface area (Å²) in [6, 6.07) is -1.98. The lowest BCUT2D eigenvalue weighted by Gasteiger charge is -2.25. The molecule has 0 bridgehead atoms. The van der Waals surface area contributed by atoms with Crippen LogP contribution in [0, 0.1) is 0 Å². The number of ether oxygens (including phenoxy) is 3. The molecule has 5 radical (unpaired) electrons. The summed E-state index contributed by atoms with van der Waals surface area (Å²) >= 11 is 4.51. The van der Waals surface area contributed by atoms with Gasteiger partial charge in [-0.05, 0) is 24.6 Å². The van der Waals surface area contributed by atoms with Crippen LogP contribution in [0.2, 0.25) is 0 Å². The molecule has 0 aromatic rings. The van der Waals surface area contributed by atoms with Crippen LogP contribution in [0.4, 0.5) is 4.39 Å². The first-order chi connectivity index (χ1) is 21.5. The lowest BCUT2D eigenvalue weighted by atomic mass is 9.51. The predicted molar refractivity (Wildman–Crippen MR) is 157 cm³/mol. The van der Waals surface area contributed by atoms with Crippen LogP contribution in [0.5, 0.6) is 0 Å². The topological polar surface area (TPSA) is 302 Å². The van der Waals surface area contributed by atoms with Crippen molar-refractivity contribution in [3.05, 3.63) is 0 Å². The highest BCUT2D eigenvalue weighted by Crippen LogP contribution is 2.66. The van der Waals surface area contributed by atoms with Gasteiger partial charge in [0.15, 0.2) is 0 Å². The Morgan fingerprint density at radius 1 is 0.766 bits per heavy atom. The van der Waals surface area contributed by atoms with Crippen LogP contribution >= 0.6 is 38.0 Å². The molecule has 47 heavy (non-hydrogen) atoms. The Morgan fingerprint density at radius 3 is 1.83 bits per heavy atom. The maximum Gasteiger partial charge on any atom is 0.488 e. The summed E-state index contributed by atoms with van der Waals surface area (Å²) in [5.41, 5.74) is 0. The number of alkyl halides is 1. The number of hydrogen-bond acceptors (Lipinski definition) is 16. The number of aliphatic hydroxyl groups is 1. The van der Waals surface area contributed by atoms with E-state index in [9.17, 15) is 47.3 Å². The smallest absolute Gasteiger partial charge is 0.390 e. The minimum absolute atomic E-state index is 0.0446. The number of phosphoric ester groups is 2. The first kappa shape index (κ1) is 42.4. The maximum absolute atomic E-state index is 12.8. The number of aliphatic hydroxyl groups excluding tert-OH is 1. The van der Waals surface area contributed by atoms with Gasteiger partial charge in [-0.25, -0.2) is 27.0 Å². The van der Waals surface area contributed by atoms with Gasteiger partial charge in [-0.15, -0.1) is 0 Å². The highest BCUT2D eigenvalue weighted by Gasteiger charge is 2.45. The summed E-state index contributed by atoms with van der Waals surface area (Å²) in [6.45, 7) is -7.87. The number of phosphoric acid groups is 4. The second-order valence-corrected chi connectivity index (χ2v) is 18.7. The van der Waals surface area contributed by atoms with Crippen LogP contribution in [0.3, 0.4) is 0 Å². The quantitative estimate of drug-likeness (QED) is 0.0617. The first-order valence-electron chi connectivity index (χ1n) is 13.1. The summed E-state index contributed by atoms with van der Waals surface area (Å²) in [6.07, 6.45) is -8.96. The third kappa shape index (κ3) is 14.5. The zero-order valence-corrected chi connectivity index (χ0v) is 29.0. The molecule has 0 aromatic heterocycles. The molecule has 3 rings (SSSR count). The molecule has 3 saturated heterocycles. The van der Waals surface area contributed by atoms with Crippen LogP contribution in [0.15, 0.2) is 0 Å². The lowest BCUT2D eigenvalue weighted by molar-refractivity contribution is -0.0395. The number of hydrogen-bond donors (Lipinski definition) is 7. The van der Waals surface area contributed by atoms with Crippen molar-refractivity contribution >= 4 is 72.6 Å². The van der Waals surface area contributed by atoms with Gasteiger partial charge >= 0.3 is 38.0 Å². The van der Waals surface area contributed by atoms with Gasteiger partial charge in [0.05, 0.1) is 51.4 Å². The van der Waals surface area contributed by atoms with Gasteiger partial charge in [-0.2, -0.15) is 4.31 Å². The Balaban J connectivity index is 1.54. The second kappa shape index (κ2) is 17.2. The van der Waals surface area contributed by atoms with Crippen molar-refractivity contribution in [3.8, 4) is 0 Å². The molecule has 3 aliphatic heterocycles. The standard InChI is InChI=1S/C16H30B3FO21P5S/c17-15-2-10(13(36-15)7-34-46(31,47)41-45(29,30)40-42(22,23)24)38-44(27,28)33-6-14-11(3-16(19-18)37-14)39-43(25,26)32-5-12-9(21)1-8(4-20)35-12/h8-16,21H,1-7H2,(H,25,26)(H,27,28)(H,29,30)(H,31,47)(H2,22,23,24)/t8-,9+,10+,11+,12-,13-,14-,15-,16-,46?/m1/s1. The van der Waals surface area contributed by atoms with Crippen molar-refractivity contribution < 1.29 is 103 Å². The van der Waals surface area contributed by atoms with Crippen LogP contribution in [-0.2, 0) is 75.5 Å². The Kier molecular flexibility index (Phi) is 15.6. The number of rotatable bonds is 19. The lowest BCUT2D eigenvalue weighted by Crippen LogP contribution is -2.31. The third-order valence-corrected chi connectivity index (χ3v) is 13.0. The van der Waals surface area contributed by atoms with E-state index in [1.54, 1.807) is 0 Å². The molecule has 0 aromatic carbocycles. The van der Waals surface area contributed by atoms with Gasteiger partial charge in [0.25, 0.3) is 0 Å². The molecule has 4 unspecified atom stereocenters. The third-order valence-electron chi connectivity index (χ3n) is 6.30. The van der Waals surface area contributed by atoms with Crippen molar-refractivity contribution in [2.75, 3.05) is 26.5 Å². The molecule has 31 heteroatoms. The van der Waals surface area contributed by atoms with Gasteiger partial charge in [0, 0.05) is 26.2 Å². The Morgan fingerprint density at radius 2 is 1.30 bits per heavy atom. The molecule has 21 nitrogen and oxygen atoms in total. The van der Waals surface area contributed by atoms with Crippen molar-refractivity contribution in [3.63, 3.8) is 0 Å². The van der Waals surface area contributed by atoms with Crippen molar-refractivity contribution in [1.82, 2.24) is 0 Å². The summed E-state index contributed by atoms with van der Waals surface area (Å²) in [7, 11) is -8.81. The van der Waals surface area contributed by atoms with E-state index in [4.69, 9.17) is 62.2 Å². The second-order valence-electron chi connectivity index (χ2n) is 10.0. The molecule has 267 valence electrons. The normalized spacial score (nSPS) is 36.7. The summed E-state index contributed by atoms with van der Waals surface area (Å²) in [5, 5.41) is 9.91. The molecule has 0 aliphatic carbocycles. The molecule has 0 amide bonds. The van der Waals surface area contributed by atoms with E-state index < -0.39 is 119 Å². The molecule has 3 heterocycles. The molecule has 0 spiro atoms. The van der Waals surface area contributed by atoms with Gasteiger partial charge in [-0.3, -0.25) is 18.1 Å². The summed E-state index contributed by atoms with van der Waals surface area (Å²) < 4.78 is 109. The first-order valence-corrected chi connectivity index (χ1v) is 21.7. The monoisotopic (exact) mass is 797 g/mol. The van der Waals surface area contributed by atoms with Crippen molar-refractivity contribution in [2.24, 2.45) is 0 Å². The van der Waals surface area contributed by atoms with Crippen LogP contribution in [0.1, 0.15) is 19.3 Å². The van der Waals surface area contributed by atoms with Gasteiger partial charge in [0.2, 0.25) is 0 Å². The molecular formula is C16H30B3FO21P5S. The fourth-order valence-corrected chi connectivity index (χ4v) is 10.3. The maximum atomic E-state index is 12.8. The summed E-state index contributed by atoms with van der Waals surface area (Å²) in [5.74, 6) is 0. The largest absolute Gasteiger partial charge is 0.488 e. The molecule has 3 aliphatic rings. The summed E-state index contributed by atoms with van der Waals surface area (Å²) in [4.78, 5) is 57.2. The highest BCUT2D eigenvalue weighted by molar-refractivity contribution is 8.08. The zero-order chi connectivity index (χ0) is 35.4. The molecule has 0 saturated carbocycles. The SMILES string of the molecule is [B][B][C@H]1C[C@H](OP(=O)(O)OC[C@H]2O[C@@H](CF)C[C@@H]2O)[C@@H](COP(=O)(O)O[C@H]2C[C@H]([B])O[C@@H]2COP(O)(=S)OP(=O)(O)OP(=O)(O)O)O1. The average Bonchev–Trinajstić information content (AvgIpc) is 3.58. The molecule has 7 N–H and O–H groups in total. The minimum Gasteiger partial charge on any atom is -0.390 e.